The van der Waals surface area contributed by atoms with E-state index in [-0.39, 0.29) is 11.8 Å². The second kappa shape index (κ2) is 5.38. The van der Waals surface area contributed by atoms with Gasteiger partial charge in [-0.15, -0.1) is 0 Å². The maximum atomic E-state index is 12.0. The molecule has 3 rings (SSSR count). The van der Waals surface area contributed by atoms with Gasteiger partial charge in [0.1, 0.15) is 11.6 Å². The number of amides is 1. The lowest BCUT2D eigenvalue weighted by atomic mass is 9.95. The van der Waals surface area contributed by atoms with Gasteiger partial charge in [-0.05, 0) is 31.7 Å². The molecule has 1 saturated carbocycles. The molecule has 0 atom stereocenters. The molecule has 0 unspecified atom stereocenters. The van der Waals surface area contributed by atoms with E-state index in [1.165, 1.54) is 12.8 Å². The Bertz CT molecular complexity index is 490. The molecular formula is C15H22N4O. The van der Waals surface area contributed by atoms with Crippen molar-refractivity contribution in [2.75, 3.05) is 32.1 Å². The molecule has 2 aliphatic rings. The number of anilines is 1. The van der Waals surface area contributed by atoms with Crippen molar-refractivity contribution in [3.63, 3.8) is 0 Å². The van der Waals surface area contributed by atoms with E-state index < -0.39 is 0 Å². The Morgan fingerprint density at radius 2 is 1.95 bits per heavy atom. The van der Waals surface area contributed by atoms with Crippen LogP contribution in [-0.2, 0) is 4.79 Å². The Balaban J connectivity index is 1.63. The molecule has 5 heteroatoms. The van der Waals surface area contributed by atoms with Crippen molar-refractivity contribution in [3.8, 4) is 0 Å². The molecule has 108 valence electrons. The highest BCUT2D eigenvalue weighted by Crippen LogP contribution is 2.38. The Labute approximate surface area is 120 Å². The zero-order chi connectivity index (χ0) is 14.1. The van der Waals surface area contributed by atoms with Gasteiger partial charge in [-0.3, -0.25) is 4.79 Å². The fourth-order valence-corrected chi connectivity index (χ4v) is 2.80. The van der Waals surface area contributed by atoms with Gasteiger partial charge >= 0.3 is 0 Å². The Hall–Kier alpha value is -1.65. The molecule has 1 amide bonds. The van der Waals surface area contributed by atoms with E-state index in [9.17, 15) is 4.79 Å². The molecule has 0 spiro atoms. The number of aromatic nitrogens is 2. The van der Waals surface area contributed by atoms with Crippen LogP contribution in [-0.4, -0.2) is 48.0 Å². The van der Waals surface area contributed by atoms with Gasteiger partial charge in [0.25, 0.3) is 0 Å². The molecule has 1 aromatic heterocycles. The van der Waals surface area contributed by atoms with Crippen molar-refractivity contribution in [2.45, 2.75) is 31.6 Å². The maximum absolute atomic E-state index is 12.0. The summed E-state index contributed by atoms with van der Waals surface area (Å²) in [6.45, 7) is 1.82. The third-order valence-corrected chi connectivity index (χ3v) is 4.21. The predicted molar refractivity (Wildman–Crippen MR) is 77.6 cm³/mol. The fourth-order valence-electron chi connectivity index (χ4n) is 2.80. The van der Waals surface area contributed by atoms with E-state index in [2.05, 4.69) is 14.9 Å². The van der Waals surface area contributed by atoms with Gasteiger partial charge in [0.2, 0.25) is 5.91 Å². The first-order valence-corrected chi connectivity index (χ1v) is 7.44. The van der Waals surface area contributed by atoms with E-state index in [0.29, 0.717) is 5.92 Å². The molecule has 0 N–H and O–H groups in total. The zero-order valence-electron chi connectivity index (χ0n) is 12.2. The molecule has 1 aromatic rings. The summed E-state index contributed by atoms with van der Waals surface area (Å²) in [5.41, 5.74) is 0. The van der Waals surface area contributed by atoms with Crippen LogP contribution >= 0.6 is 0 Å². The lowest BCUT2D eigenvalue weighted by Gasteiger charge is -2.33. The molecule has 1 aliphatic carbocycles. The summed E-state index contributed by atoms with van der Waals surface area (Å²) in [5.74, 6) is 3.03. The van der Waals surface area contributed by atoms with Crippen molar-refractivity contribution in [2.24, 2.45) is 5.92 Å². The van der Waals surface area contributed by atoms with Crippen LogP contribution in [0.1, 0.15) is 37.4 Å². The highest BCUT2D eigenvalue weighted by atomic mass is 16.2. The van der Waals surface area contributed by atoms with Gasteiger partial charge in [-0.2, -0.15) is 0 Å². The average molecular weight is 274 g/mol. The van der Waals surface area contributed by atoms with E-state index in [0.717, 1.165) is 37.6 Å². The molecule has 0 bridgehead atoms. The average Bonchev–Trinajstić information content (AvgIpc) is 3.31. The Morgan fingerprint density at radius 3 is 2.55 bits per heavy atom. The number of nitrogens with zero attached hydrogens (tertiary/aromatic N) is 4. The highest BCUT2D eigenvalue weighted by Gasteiger charge is 2.29. The number of carbonyl (C=O) groups excluding carboxylic acids is 1. The van der Waals surface area contributed by atoms with Crippen LogP contribution in [0, 0.1) is 5.92 Å². The first kappa shape index (κ1) is 13.3. The number of hydrogen-bond donors (Lipinski definition) is 0. The summed E-state index contributed by atoms with van der Waals surface area (Å²) in [5, 5.41) is 0. The molecule has 0 aromatic carbocycles. The van der Waals surface area contributed by atoms with Crippen LogP contribution in [0.3, 0.4) is 0 Å². The van der Waals surface area contributed by atoms with Crippen LogP contribution in [0.15, 0.2) is 12.3 Å². The number of rotatable bonds is 3. The summed E-state index contributed by atoms with van der Waals surface area (Å²) in [6, 6.07) is 1.99. The molecule has 0 radical (unpaired) electrons. The Morgan fingerprint density at radius 1 is 1.25 bits per heavy atom. The molecular weight excluding hydrogens is 252 g/mol. The van der Waals surface area contributed by atoms with Crippen LogP contribution < -0.4 is 4.90 Å². The van der Waals surface area contributed by atoms with Gasteiger partial charge < -0.3 is 9.80 Å². The summed E-state index contributed by atoms with van der Waals surface area (Å²) < 4.78 is 0. The van der Waals surface area contributed by atoms with Gasteiger partial charge in [-0.1, -0.05) is 0 Å². The van der Waals surface area contributed by atoms with Crippen molar-refractivity contribution < 1.29 is 4.79 Å². The highest BCUT2D eigenvalue weighted by molar-refractivity contribution is 5.78. The minimum Gasteiger partial charge on any atom is -0.356 e. The normalized spacial score (nSPS) is 20.0. The van der Waals surface area contributed by atoms with Gasteiger partial charge in [0.05, 0.1) is 0 Å². The number of hydrogen-bond acceptors (Lipinski definition) is 4. The third kappa shape index (κ3) is 2.76. The van der Waals surface area contributed by atoms with Crippen molar-refractivity contribution in [3.05, 3.63) is 18.1 Å². The Kier molecular flexibility index (Phi) is 3.59. The van der Waals surface area contributed by atoms with Gasteiger partial charge in [0.15, 0.2) is 0 Å². The zero-order valence-corrected chi connectivity index (χ0v) is 12.2. The van der Waals surface area contributed by atoms with Crippen molar-refractivity contribution >= 4 is 11.7 Å². The first-order chi connectivity index (χ1) is 9.65. The molecule has 2 fully saturated rings. The second-order valence-corrected chi connectivity index (χ2v) is 6.04. The van der Waals surface area contributed by atoms with Crippen LogP contribution in [0.2, 0.25) is 0 Å². The summed E-state index contributed by atoms with van der Waals surface area (Å²) >= 11 is 0. The standard InChI is InChI=1S/C15H22N4O/c1-18(2)15(20)12-6-9-19(10-7-12)13-5-8-16-14(17-13)11-3-4-11/h5,8,11-12H,3-4,6-7,9-10H2,1-2H3. The summed E-state index contributed by atoms with van der Waals surface area (Å²) in [7, 11) is 3.67. The number of carbonyl (C=O) groups is 1. The summed E-state index contributed by atoms with van der Waals surface area (Å²) in [6.07, 6.45) is 6.15. The van der Waals surface area contributed by atoms with Crippen molar-refractivity contribution in [1.82, 2.24) is 14.9 Å². The van der Waals surface area contributed by atoms with Crippen LogP contribution in [0.5, 0.6) is 0 Å². The predicted octanol–water partition coefficient (Wildman–Crippen LogP) is 1.66. The molecule has 2 heterocycles. The second-order valence-electron chi connectivity index (χ2n) is 6.04. The minimum absolute atomic E-state index is 0.172. The van der Waals surface area contributed by atoms with E-state index in [4.69, 9.17) is 0 Å². The van der Waals surface area contributed by atoms with E-state index >= 15 is 0 Å². The van der Waals surface area contributed by atoms with Crippen molar-refractivity contribution in [1.29, 1.82) is 0 Å². The number of piperidine rings is 1. The van der Waals surface area contributed by atoms with E-state index in [1.807, 2.05) is 26.4 Å². The van der Waals surface area contributed by atoms with Crippen LogP contribution in [0.4, 0.5) is 5.82 Å². The van der Waals surface area contributed by atoms with E-state index in [1.54, 1.807) is 4.90 Å². The maximum Gasteiger partial charge on any atom is 0.225 e. The van der Waals surface area contributed by atoms with Gasteiger partial charge in [0, 0.05) is 45.2 Å². The minimum atomic E-state index is 0.172. The quantitative estimate of drug-likeness (QED) is 0.841. The largest absolute Gasteiger partial charge is 0.356 e. The molecule has 20 heavy (non-hydrogen) atoms. The first-order valence-electron chi connectivity index (χ1n) is 7.44. The van der Waals surface area contributed by atoms with Crippen LogP contribution in [0.25, 0.3) is 0 Å². The SMILES string of the molecule is CN(C)C(=O)C1CCN(c2ccnc(C3CC3)n2)CC1. The molecule has 1 aliphatic heterocycles. The monoisotopic (exact) mass is 274 g/mol. The smallest absolute Gasteiger partial charge is 0.225 e. The molecule has 1 saturated heterocycles. The third-order valence-electron chi connectivity index (χ3n) is 4.21. The lowest BCUT2D eigenvalue weighted by molar-refractivity contribution is -0.133. The summed E-state index contributed by atoms with van der Waals surface area (Å²) in [4.78, 5) is 25.0. The lowest BCUT2D eigenvalue weighted by Crippen LogP contribution is -2.40. The van der Waals surface area contributed by atoms with Gasteiger partial charge in [-0.25, -0.2) is 9.97 Å². The topological polar surface area (TPSA) is 49.3 Å². The fraction of sp³-hybridized carbons (Fsp3) is 0.667. The molecule has 5 nitrogen and oxygen atoms in total.